The number of nitriles is 1. The zero-order valence-corrected chi connectivity index (χ0v) is 11.3. The molecule has 3 rings (SSSR count). The summed E-state index contributed by atoms with van der Waals surface area (Å²) in [5.41, 5.74) is 5.56. The number of benzene rings is 3. The standard InChI is InChI=1S/C18H13N3/c19-12-14-5-7-15(8-6-14)13-20-21-18-10-9-16-3-1-2-4-17(16)11-18/h1-11,13,21H/b20-13+. The third-order valence-corrected chi connectivity index (χ3v) is 3.20. The van der Waals surface area contributed by atoms with Gasteiger partial charge in [-0.15, -0.1) is 0 Å². The Morgan fingerprint density at radius 1 is 0.905 bits per heavy atom. The molecular weight excluding hydrogens is 258 g/mol. The van der Waals surface area contributed by atoms with E-state index in [1.807, 2.05) is 30.3 Å². The number of nitrogens with one attached hydrogen (secondary N) is 1. The molecule has 3 heteroatoms. The van der Waals surface area contributed by atoms with E-state index in [2.05, 4.69) is 40.9 Å². The molecule has 0 fully saturated rings. The number of hydrazone groups is 1. The van der Waals surface area contributed by atoms with Crippen LogP contribution >= 0.6 is 0 Å². The highest BCUT2D eigenvalue weighted by molar-refractivity contribution is 5.86. The van der Waals surface area contributed by atoms with E-state index in [1.54, 1.807) is 18.3 Å². The molecule has 3 aromatic rings. The molecule has 0 unspecified atom stereocenters. The van der Waals surface area contributed by atoms with E-state index in [-0.39, 0.29) is 0 Å². The minimum Gasteiger partial charge on any atom is -0.278 e. The van der Waals surface area contributed by atoms with Gasteiger partial charge < -0.3 is 0 Å². The number of nitrogens with zero attached hydrogens (tertiary/aromatic N) is 2. The molecular formula is C18H13N3. The number of hydrogen-bond acceptors (Lipinski definition) is 3. The highest BCUT2D eigenvalue weighted by Gasteiger charge is 1.94. The van der Waals surface area contributed by atoms with Gasteiger partial charge in [0.2, 0.25) is 0 Å². The quantitative estimate of drug-likeness (QED) is 0.574. The van der Waals surface area contributed by atoms with Crippen molar-refractivity contribution < 1.29 is 0 Å². The molecule has 0 atom stereocenters. The van der Waals surface area contributed by atoms with Gasteiger partial charge in [0.25, 0.3) is 0 Å². The van der Waals surface area contributed by atoms with Gasteiger partial charge in [-0.05, 0) is 40.6 Å². The lowest BCUT2D eigenvalue weighted by atomic mass is 10.1. The number of rotatable bonds is 3. The lowest BCUT2D eigenvalue weighted by molar-refractivity contribution is 1.35. The molecule has 0 spiro atoms. The molecule has 3 nitrogen and oxygen atoms in total. The monoisotopic (exact) mass is 271 g/mol. The van der Waals surface area contributed by atoms with Gasteiger partial charge in [-0.25, -0.2) is 0 Å². The molecule has 0 radical (unpaired) electrons. The van der Waals surface area contributed by atoms with Crippen LogP contribution in [-0.2, 0) is 0 Å². The summed E-state index contributed by atoms with van der Waals surface area (Å²) in [7, 11) is 0. The van der Waals surface area contributed by atoms with Crippen LogP contribution in [0, 0.1) is 11.3 Å². The lowest BCUT2D eigenvalue weighted by Crippen LogP contribution is -1.90. The van der Waals surface area contributed by atoms with Crippen molar-refractivity contribution in [2.24, 2.45) is 5.10 Å². The third-order valence-electron chi connectivity index (χ3n) is 3.20. The minimum atomic E-state index is 0.648. The molecule has 0 bridgehead atoms. The predicted molar refractivity (Wildman–Crippen MR) is 86.3 cm³/mol. The molecule has 0 aliphatic carbocycles. The van der Waals surface area contributed by atoms with Crippen LogP contribution in [0.5, 0.6) is 0 Å². The summed E-state index contributed by atoms with van der Waals surface area (Å²) in [6, 6.07) is 23.7. The van der Waals surface area contributed by atoms with Gasteiger partial charge in [0.1, 0.15) is 0 Å². The molecule has 0 saturated heterocycles. The third kappa shape index (κ3) is 3.07. The Kier molecular flexibility index (Phi) is 3.62. The SMILES string of the molecule is N#Cc1ccc(/C=N/Nc2ccc3ccccc3c2)cc1. The Bertz CT molecular complexity index is 827. The first-order chi connectivity index (χ1) is 10.3. The Morgan fingerprint density at radius 3 is 2.43 bits per heavy atom. The van der Waals surface area contributed by atoms with E-state index >= 15 is 0 Å². The highest BCUT2D eigenvalue weighted by atomic mass is 15.3. The maximum Gasteiger partial charge on any atom is 0.0991 e. The Hall–Kier alpha value is -3.12. The van der Waals surface area contributed by atoms with Crippen molar-refractivity contribution in [2.75, 3.05) is 5.43 Å². The molecule has 100 valence electrons. The second-order valence-corrected chi connectivity index (χ2v) is 4.67. The normalized spacial score (nSPS) is 10.6. The van der Waals surface area contributed by atoms with Crippen molar-refractivity contribution in [3.63, 3.8) is 0 Å². The maximum atomic E-state index is 8.74. The minimum absolute atomic E-state index is 0.648. The summed E-state index contributed by atoms with van der Waals surface area (Å²) < 4.78 is 0. The topological polar surface area (TPSA) is 48.2 Å². The molecule has 0 heterocycles. The molecule has 21 heavy (non-hydrogen) atoms. The second-order valence-electron chi connectivity index (χ2n) is 4.67. The molecule has 0 saturated carbocycles. The molecule has 0 aliphatic heterocycles. The highest BCUT2D eigenvalue weighted by Crippen LogP contribution is 2.18. The van der Waals surface area contributed by atoms with Crippen molar-refractivity contribution >= 4 is 22.7 Å². The number of fused-ring (bicyclic) bond motifs is 1. The number of hydrogen-bond donors (Lipinski definition) is 1. The van der Waals surface area contributed by atoms with Gasteiger partial charge in [-0.3, -0.25) is 5.43 Å². The number of anilines is 1. The first-order valence-electron chi connectivity index (χ1n) is 6.63. The van der Waals surface area contributed by atoms with Crippen molar-refractivity contribution in [3.05, 3.63) is 77.9 Å². The van der Waals surface area contributed by atoms with Crippen molar-refractivity contribution in [1.82, 2.24) is 0 Å². The zero-order valence-electron chi connectivity index (χ0n) is 11.3. The largest absolute Gasteiger partial charge is 0.278 e. The summed E-state index contributed by atoms with van der Waals surface area (Å²) in [5.74, 6) is 0. The Labute approximate surface area is 123 Å². The molecule has 1 N–H and O–H groups in total. The average Bonchev–Trinajstić information content (AvgIpc) is 2.55. The zero-order chi connectivity index (χ0) is 14.5. The van der Waals surface area contributed by atoms with Crippen LogP contribution in [0.1, 0.15) is 11.1 Å². The summed E-state index contributed by atoms with van der Waals surface area (Å²) in [5, 5.41) is 15.3. The Balaban J connectivity index is 1.73. The van der Waals surface area contributed by atoms with E-state index in [9.17, 15) is 0 Å². The maximum absolute atomic E-state index is 8.74. The van der Waals surface area contributed by atoms with Crippen LogP contribution in [-0.4, -0.2) is 6.21 Å². The van der Waals surface area contributed by atoms with E-state index in [4.69, 9.17) is 5.26 Å². The molecule has 0 amide bonds. The van der Waals surface area contributed by atoms with Crippen molar-refractivity contribution in [1.29, 1.82) is 5.26 Å². The predicted octanol–water partition coefficient (Wildman–Crippen LogP) is 4.16. The van der Waals surface area contributed by atoms with Gasteiger partial charge in [-0.1, -0.05) is 42.5 Å². The molecule has 0 aromatic heterocycles. The summed E-state index contributed by atoms with van der Waals surface area (Å²) in [6.07, 6.45) is 1.73. The van der Waals surface area contributed by atoms with E-state index < -0.39 is 0 Å². The van der Waals surface area contributed by atoms with Crippen LogP contribution in [0.3, 0.4) is 0 Å². The van der Waals surface area contributed by atoms with Crippen LogP contribution in [0.25, 0.3) is 10.8 Å². The van der Waals surface area contributed by atoms with E-state index in [0.717, 1.165) is 11.3 Å². The van der Waals surface area contributed by atoms with E-state index in [0.29, 0.717) is 5.56 Å². The molecule has 3 aromatic carbocycles. The first-order valence-corrected chi connectivity index (χ1v) is 6.63. The van der Waals surface area contributed by atoms with E-state index in [1.165, 1.54) is 10.8 Å². The Morgan fingerprint density at radius 2 is 1.67 bits per heavy atom. The smallest absolute Gasteiger partial charge is 0.0991 e. The van der Waals surface area contributed by atoms with Gasteiger partial charge >= 0.3 is 0 Å². The summed E-state index contributed by atoms with van der Waals surface area (Å²) >= 11 is 0. The fraction of sp³-hybridized carbons (Fsp3) is 0. The lowest BCUT2D eigenvalue weighted by Gasteiger charge is -2.02. The second kappa shape index (κ2) is 5.89. The van der Waals surface area contributed by atoms with Gasteiger partial charge in [0.05, 0.1) is 23.5 Å². The van der Waals surface area contributed by atoms with Crippen molar-refractivity contribution in [3.8, 4) is 6.07 Å². The van der Waals surface area contributed by atoms with Crippen LogP contribution < -0.4 is 5.43 Å². The fourth-order valence-electron chi connectivity index (χ4n) is 2.08. The van der Waals surface area contributed by atoms with Crippen LogP contribution in [0.4, 0.5) is 5.69 Å². The van der Waals surface area contributed by atoms with Crippen LogP contribution in [0.2, 0.25) is 0 Å². The molecule has 0 aliphatic rings. The summed E-state index contributed by atoms with van der Waals surface area (Å²) in [4.78, 5) is 0. The van der Waals surface area contributed by atoms with Gasteiger partial charge in [0, 0.05) is 0 Å². The van der Waals surface area contributed by atoms with Gasteiger partial charge in [-0.2, -0.15) is 10.4 Å². The fourth-order valence-corrected chi connectivity index (χ4v) is 2.08. The summed E-state index contributed by atoms with van der Waals surface area (Å²) in [6.45, 7) is 0. The first kappa shape index (κ1) is 12.9. The van der Waals surface area contributed by atoms with Gasteiger partial charge in [0.15, 0.2) is 0 Å². The average molecular weight is 271 g/mol. The van der Waals surface area contributed by atoms with Crippen molar-refractivity contribution in [2.45, 2.75) is 0 Å². The van der Waals surface area contributed by atoms with Crippen LogP contribution in [0.15, 0.2) is 71.8 Å².